The van der Waals surface area contributed by atoms with Crippen molar-refractivity contribution in [1.29, 1.82) is 0 Å². The first kappa shape index (κ1) is 31.6. The molecule has 2 amide bonds. The van der Waals surface area contributed by atoms with Crippen LogP contribution in [0, 0.1) is 6.92 Å². The summed E-state index contributed by atoms with van der Waals surface area (Å²) in [4.78, 5) is 29.1. The van der Waals surface area contributed by atoms with E-state index in [1.165, 1.54) is 17.0 Å². The number of carbonyl (C=O) groups excluding carboxylic acids is 2. The van der Waals surface area contributed by atoms with Crippen LogP contribution in [0.15, 0.2) is 82.2 Å². The zero-order chi connectivity index (χ0) is 30.3. The number of anilines is 1. The number of aryl methyl sites for hydroxylation is 1. The van der Waals surface area contributed by atoms with Crippen molar-refractivity contribution < 1.29 is 22.7 Å². The molecule has 4 rings (SSSR count). The summed E-state index contributed by atoms with van der Waals surface area (Å²) < 4.78 is 35.9. The summed E-state index contributed by atoms with van der Waals surface area (Å²) >= 11 is 3.48. The lowest BCUT2D eigenvalue weighted by Crippen LogP contribution is -2.52. The number of ether oxygens (including phenoxy) is 1. The molecule has 0 radical (unpaired) electrons. The van der Waals surface area contributed by atoms with E-state index in [9.17, 15) is 18.0 Å². The smallest absolute Gasteiger partial charge is 0.264 e. The van der Waals surface area contributed by atoms with Gasteiger partial charge in [0.25, 0.3) is 10.0 Å². The Hall–Kier alpha value is -3.37. The van der Waals surface area contributed by atoms with Crippen LogP contribution < -0.4 is 14.4 Å². The van der Waals surface area contributed by atoms with Gasteiger partial charge in [-0.1, -0.05) is 70.7 Å². The monoisotopic (exact) mass is 655 g/mol. The molecule has 0 unspecified atom stereocenters. The molecule has 0 bridgehead atoms. The highest BCUT2D eigenvalue weighted by molar-refractivity contribution is 9.10. The minimum absolute atomic E-state index is 0.0535. The minimum atomic E-state index is -4.19. The largest absolute Gasteiger partial charge is 0.492 e. The predicted molar refractivity (Wildman–Crippen MR) is 168 cm³/mol. The summed E-state index contributed by atoms with van der Waals surface area (Å²) in [7, 11) is -4.19. The van der Waals surface area contributed by atoms with Crippen LogP contribution in [0.5, 0.6) is 5.75 Å². The molecule has 3 aromatic carbocycles. The molecule has 1 atom stereocenters. The third-order valence-electron chi connectivity index (χ3n) is 7.43. The predicted octanol–water partition coefficient (Wildman–Crippen LogP) is 5.83. The lowest BCUT2D eigenvalue weighted by molar-refractivity contribution is -0.139. The minimum Gasteiger partial charge on any atom is -0.492 e. The highest BCUT2D eigenvalue weighted by Gasteiger charge is 2.34. The summed E-state index contributed by atoms with van der Waals surface area (Å²) in [5, 5.41) is 3.09. The first-order chi connectivity index (χ1) is 20.1. The van der Waals surface area contributed by atoms with E-state index in [1.54, 1.807) is 43.3 Å². The molecule has 1 N–H and O–H groups in total. The van der Waals surface area contributed by atoms with Crippen molar-refractivity contribution in [1.82, 2.24) is 10.2 Å². The Morgan fingerprint density at radius 2 is 1.71 bits per heavy atom. The molecule has 10 heteroatoms. The number of rotatable bonds is 12. The summed E-state index contributed by atoms with van der Waals surface area (Å²) in [5.41, 5.74) is 1.97. The molecular formula is C32H38BrN3O5S. The normalized spacial score (nSPS) is 14.3. The van der Waals surface area contributed by atoms with E-state index >= 15 is 0 Å². The number of para-hydroxylation sites is 2. The van der Waals surface area contributed by atoms with Gasteiger partial charge in [-0.3, -0.25) is 13.9 Å². The molecule has 224 valence electrons. The molecule has 0 saturated heterocycles. The van der Waals surface area contributed by atoms with E-state index in [0.717, 1.165) is 45.6 Å². The average Bonchev–Trinajstić information content (AvgIpc) is 3.48. The molecular weight excluding hydrogens is 618 g/mol. The standard InChI is InChI=1S/C32H38BrN3O5S/c1-4-41-30-15-8-7-14-29(30)36(42(39,40)28-18-16-23(2)17-19-28)22-31(37)35(21-25-10-9-11-26(33)20-25)24(3)32(38)34-27-12-5-6-13-27/h7-11,14-20,24,27H,4-6,12-13,21-22H2,1-3H3,(H,34,38)/t24-/m0/s1. The molecule has 8 nitrogen and oxygen atoms in total. The molecule has 0 aromatic heterocycles. The molecule has 0 aliphatic heterocycles. The Labute approximate surface area is 257 Å². The first-order valence-corrected chi connectivity index (χ1v) is 16.5. The van der Waals surface area contributed by atoms with Gasteiger partial charge in [0.1, 0.15) is 18.3 Å². The second-order valence-corrected chi connectivity index (χ2v) is 13.3. The highest BCUT2D eigenvalue weighted by Crippen LogP contribution is 2.33. The van der Waals surface area contributed by atoms with E-state index < -0.39 is 28.5 Å². The second kappa shape index (κ2) is 14.2. The Balaban J connectivity index is 1.72. The maximum Gasteiger partial charge on any atom is 0.264 e. The van der Waals surface area contributed by atoms with Crippen molar-refractivity contribution >= 4 is 43.5 Å². The van der Waals surface area contributed by atoms with Gasteiger partial charge in [0.2, 0.25) is 11.8 Å². The number of hydrogen-bond acceptors (Lipinski definition) is 5. The lowest BCUT2D eigenvalue weighted by atomic mass is 10.1. The average molecular weight is 657 g/mol. The number of nitrogens with zero attached hydrogens (tertiary/aromatic N) is 2. The second-order valence-electron chi connectivity index (χ2n) is 10.5. The van der Waals surface area contributed by atoms with Crippen LogP contribution in [0.3, 0.4) is 0 Å². The van der Waals surface area contributed by atoms with Gasteiger partial charge in [0, 0.05) is 17.1 Å². The lowest BCUT2D eigenvalue weighted by Gasteiger charge is -2.33. The fourth-order valence-electron chi connectivity index (χ4n) is 5.10. The van der Waals surface area contributed by atoms with Crippen molar-refractivity contribution in [3.63, 3.8) is 0 Å². The third kappa shape index (κ3) is 7.72. The molecule has 1 saturated carbocycles. The molecule has 0 spiro atoms. The van der Waals surface area contributed by atoms with Gasteiger partial charge in [-0.05, 0) is 75.6 Å². The Morgan fingerprint density at radius 3 is 2.38 bits per heavy atom. The number of benzene rings is 3. The van der Waals surface area contributed by atoms with E-state index in [-0.39, 0.29) is 29.1 Å². The van der Waals surface area contributed by atoms with E-state index in [1.807, 2.05) is 38.1 Å². The van der Waals surface area contributed by atoms with Crippen molar-refractivity contribution in [3.05, 3.63) is 88.4 Å². The number of amides is 2. The van der Waals surface area contributed by atoms with Gasteiger partial charge < -0.3 is 15.0 Å². The maximum absolute atomic E-state index is 14.2. The van der Waals surface area contributed by atoms with E-state index in [2.05, 4.69) is 21.2 Å². The van der Waals surface area contributed by atoms with Crippen LogP contribution in [0.25, 0.3) is 0 Å². The Morgan fingerprint density at radius 1 is 1.02 bits per heavy atom. The fraction of sp³-hybridized carbons (Fsp3) is 0.375. The van der Waals surface area contributed by atoms with Crippen LogP contribution in [-0.4, -0.2) is 50.4 Å². The topological polar surface area (TPSA) is 96.0 Å². The van der Waals surface area contributed by atoms with Crippen LogP contribution >= 0.6 is 15.9 Å². The molecule has 1 aliphatic rings. The van der Waals surface area contributed by atoms with Crippen molar-refractivity contribution in [2.45, 2.75) is 70.0 Å². The quantitative estimate of drug-likeness (QED) is 0.265. The molecule has 1 fully saturated rings. The zero-order valence-corrected chi connectivity index (χ0v) is 26.7. The van der Waals surface area contributed by atoms with Gasteiger partial charge in [-0.25, -0.2) is 8.42 Å². The van der Waals surface area contributed by atoms with Crippen molar-refractivity contribution in [2.24, 2.45) is 0 Å². The fourth-order valence-corrected chi connectivity index (χ4v) is 6.97. The van der Waals surface area contributed by atoms with Crippen LogP contribution in [0.1, 0.15) is 50.7 Å². The first-order valence-electron chi connectivity index (χ1n) is 14.3. The molecule has 3 aromatic rings. The maximum atomic E-state index is 14.2. The number of sulfonamides is 1. The highest BCUT2D eigenvalue weighted by atomic mass is 79.9. The Bertz CT molecular complexity index is 1490. The number of carbonyl (C=O) groups is 2. The summed E-state index contributed by atoms with van der Waals surface area (Å²) in [6.07, 6.45) is 3.94. The van der Waals surface area contributed by atoms with Crippen LogP contribution in [0.4, 0.5) is 5.69 Å². The van der Waals surface area contributed by atoms with Crippen molar-refractivity contribution in [2.75, 3.05) is 17.5 Å². The zero-order valence-electron chi connectivity index (χ0n) is 24.3. The Kier molecular flexibility index (Phi) is 10.7. The summed E-state index contributed by atoms with van der Waals surface area (Å²) in [5.74, 6) is -0.423. The van der Waals surface area contributed by atoms with Crippen LogP contribution in [0.2, 0.25) is 0 Å². The SMILES string of the molecule is CCOc1ccccc1N(CC(=O)N(Cc1cccc(Br)c1)[C@@H](C)C(=O)NC1CCCC1)S(=O)(=O)c1ccc(C)cc1. The number of nitrogens with one attached hydrogen (secondary N) is 1. The van der Waals surface area contributed by atoms with Gasteiger partial charge >= 0.3 is 0 Å². The van der Waals surface area contributed by atoms with Crippen LogP contribution in [-0.2, 0) is 26.2 Å². The van der Waals surface area contributed by atoms with Gasteiger partial charge in [-0.2, -0.15) is 0 Å². The van der Waals surface area contributed by atoms with E-state index in [0.29, 0.717) is 12.4 Å². The number of halogens is 1. The van der Waals surface area contributed by atoms with Gasteiger partial charge in [0.05, 0.1) is 17.2 Å². The van der Waals surface area contributed by atoms with Crippen molar-refractivity contribution in [3.8, 4) is 5.75 Å². The summed E-state index contributed by atoms with van der Waals surface area (Å²) in [6, 6.07) is 20.0. The van der Waals surface area contributed by atoms with E-state index in [4.69, 9.17) is 4.74 Å². The molecule has 0 heterocycles. The van der Waals surface area contributed by atoms with Gasteiger partial charge in [0.15, 0.2) is 0 Å². The molecule has 1 aliphatic carbocycles. The van der Waals surface area contributed by atoms with Gasteiger partial charge in [-0.15, -0.1) is 0 Å². The molecule has 42 heavy (non-hydrogen) atoms. The third-order valence-corrected chi connectivity index (χ3v) is 9.70. The number of hydrogen-bond donors (Lipinski definition) is 1. The summed E-state index contributed by atoms with van der Waals surface area (Å²) in [6.45, 7) is 5.30.